The van der Waals surface area contributed by atoms with Crippen molar-refractivity contribution in [2.45, 2.75) is 36.6 Å². The van der Waals surface area contributed by atoms with Gasteiger partial charge in [0.25, 0.3) is 5.91 Å². The smallest absolute Gasteiger partial charge is 0.256 e. The minimum atomic E-state index is 0.000117. The number of aromatic nitrogens is 1. The number of carbonyl (C=O) groups excluding carboxylic acids is 1. The molecule has 0 N–H and O–H groups in total. The Morgan fingerprint density at radius 3 is 2.44 bits per heavy atom. The van der Waals surface area contributed by atoms with Crippen LogP contribution >= 0.6 is 35.0 Å². The lowest BCUT2D eigenvalue weighted by Gasteiger charge is -2.26. The van der Waals surface area contributed by atoms with Crippen LogP contribution in [0.3, 0.4) is 0 Å². The lowest BCUT2D eigenvalue weighted by atomic mass is 10.1. The fourth-order valence-electron chi connectivity index (χ4n) is 2.86. The maximum Gasteiger partial charge on any atom is 0.256 e. The number of hydrogen-bond donors (Lipinski definition) is 0. The molecule has 1 aromatic carbocycles. The molecule has 0 bridgehead atoms. The fourth-order valence-corrected chi connectivity index (χ4v) is 4.46. The van der Waals surface area contributed by atoms with E-state index in [-0.39, 0.29) is 18.0 Å². The molecule has 1 amide bonds. The maximum atomic E-state index is 12.8. The van der Waals surface area contributed by atoms with E-state index in [9.17, 15) is 4.79 Å². The second-order valence-electron chi connectivity index (χ2n) is 6.00. The Bertz CT molecular complexity index is 793. The van der Waals surface area contributed by atoms with Gasteiger partial charge in [-0.2, -0.15) is 0 Å². The highest BCUT2D eigenvalue weighted by Crippen LogP contribution is 2.35. The van der Waals surface area contributed by atoms with Gasteiger partial charge in [0, 0.05) is 35.1 Å². The summed E-state index contributed by atoms with van der Waals surface area (Å²) in [5, 5.41) is 1.26. The number of pyridine rings is 1. The molecule has 0 fully saturated rings. The monoisotopic (exact) mass is 392 g/mol. The van der Waals surface area contributed by atoms with Gasteiger partial charge in [0.2, 0.25) is 0 Å². The van der Waals surface area contributed by atoms with E-state index in [1.54, 1.807) is 12.4 Å². The highest BCUT2D eigenvalue weighted by Gasteiger charge is 2.28. The van der Waals surface area contributed by atoms with Crippen molar-refractivity contribution in [2.75, 3.05) is 0 Å². The van der Waals surface area contributed by atoms with Crippen LogP contribution in [-0.2, 0) is 5.75 Å². The Morgan fingerprint density at radius 1 is 1.16 bits per heavy atom. The van der Waals surface area contributed by atoms with Crippen molar-refractivity contribution in [1.82, 2.24) is 9.88 Å². The van der Waals surface area contributed by atoms with E-state index < -0.39 is 0 Å². The van der Waals surface area contributed by atoms with E-state index in [0.717, 1.165) is 10.5 Å². The summed E-state index contributed by atoms with van der Waals surface area (Å²) in [6.07, 6.45) is 7.49. The van der Waals surface area contributed by atoms with E-state index >= 15 is 0 Å². The number of carbonyl (C=O) groups is 1. The van der Waals surface area contributed by atoms with Crippen LogP contribution in [0.1, 0.15) is 29.8 Å². The van der Waals surface area contributed by atoms with Crippen LogP contribution in [0, 0.1) is 0 Å². The third-order valence-electron chi connectivity index (χ3n) is 4.12. The molecule has 6 heteroatoms. The predicted molar refractivity (Wildman–Crippen MR) is 104 cm³/mol. The van der Waals surface area contributed by atoms with E-state index in [2.05, 4.69) is 17.1 Å². The summed E-state index contributed by atoms with van der Waals surface area (Å²) in [4.78, 5) is 19.7. The Labute approximate surface area is 162 Å². The van der Waals surface area contributed by atoms with Crippen LogP contribution in [0.15, 0.2) is 53.7 Å². The fraction of sp³-hybridized carbons (Fsp3) is 0.263. The van der Waals surface area contributed by atoms with Gasteiger partial charge in [-0.25, -0.2) is 0 Å². The van der Waals surface area contributed by atoms with Crippen molar-refractivity contribution in [1.29, 1.82) is 0 Å². The number of halogens is 2. The average Bonchev–Trinajstić information content (AvgIpc) is 2.93. The van der Waals surface area contributed by atoms with Gasteiger partial charge in [0.15, 0.2) is 0 Å². The summed E-state index contributed by atoms with van der Waals surface area (Å²) in [7, 11) is 0. The number of rotatable bonds is 4. The molecule has 2 aromatic rings. The largest absolute Gasteiger partial charge is 0.326 e. The number of hydrogen-bond acceptors (Lipinski definition) is 3. The molecule has 1 aliphatic heterocycles. The van der Waals surface area contributed by atoms with E-state index in [0.29, 0.717) is 21.4 Å². The van der Waals surface area contributed by atoms with E-state index in [1.807, 2.05) is 43.0 Å². The first-order valence-corrected chi connectivity index (χ1v) is 9.73. The highest BCUT2D eigenvalue weighted by molar-refractivity contribution is 7.98. The molecule has 25 heavy (non-hydrogen) atoms. The molecule has 2 unspecified atom stereocenters. The van der Waals surface area contributed by atoms with Gasteiger partial charge in [0.1, 0.15) is 0 Å². The second-order valence-corrected chi connectivity index (χ2v) is 7.80. The molecule has 130 valence electrons. The zero-order chi connectivity index (χ0) is 18.0. The number of nitrogens with zero attached hydrogens (tertiary/aromatic N) is 2. The van der Waals surface area contributed by atoms with Crippen LogP contribution in [-0.4, -0.2) is 27.9 Å². The molecule has 0 saturated carbocycles. The zero-order valence-corrected chi connectivity index (χ0v) is 16.3. The third kappa shape index (κ3) is 4.02. The van der Waals surface area contributed by atoms with Crippen LogP contribution in [0.5, 0.6) is 0 Å². The van der Waals surface area contributed by atoms with E-state index in [1.165, 1.54) is 11.8 Å². The van der Waals surface area contributed by atoms with Gasteiger partial charge >= 0.3 is 0 Å². The quantitative estimate of drug-likeness (QED) is 0.510. The summed E-state index contributed by atoms with van der Waals surface area (Å²) < 4.78 is 0. The molecule has 0 saturated heterocycles. The molecular formula is C19H18Cl2N2OS. The predicted octanol–water partition coefficient (Wildman–Crippen LogP) is 5.47. The molecule has 2 heterocycles. The Morgan fingerprint density at radius 2 is 1.80 bits per heavy atom. The lowest BCUT2D eigenvalue weighted by Crippen LogP contribution is -2.39. The van der Waals surface area contributed by atoms with Crippen molar-refractivity contribution in [3.05, 3.63) is 70.0 Å². The SMILES string of the molecule is CC1C=CC(C)N1C(=O)c1cncc(CSc2c(Cl)cccc2Cl)c1. The molecular weight excluding hydrogens is 375 g/mol. The van der Waals surface area contributed by atoms with Gasteiger partial charge < -0.3 is 4.90 Å². The van der Waals surface area contributed by atoms with Gasteiger partial charge in [-0.15, -0.1) is 11.8 Å². The topological polar surface area (TPSA) is 33.2 Å². The standard InChI is InChI=1S/C19H18Cl2N2OS/c1-12-6-7-13(2)23(12)19(24)15-8-14(9-22-10-15)11-25-18-16(20)4-3-5-17(18)21/h3-10,12-13H,11H2,1-2H3. The highest BCUT2D eigenvalue weighted by atomic mass is 35.5. The summed E-state index contributed by atoms with van der Waals surface area (Å²) >= 11 is 14.0. The number of amides is 1. The summed E-state index contributed by atoms with van der Waals surface area (Å²) in [6.45, 7) is 4.04. The van der Waals surface area contributed by atoms with E-state index in [4.69, 9.17) is 23.2 Å². The van der Waals surface area contributed by atoms with Gasteiger partial charge in [-0.05, 0) is 37.6 Å². The van der Waals surface area contributed by atoms with Crippen LogP contribution < -0.4 is 0 Å². The molecule has 3 rings (SSSR count). The normalized spacial score (nSPS) is 19.4. The molecule has 2 atom stereocenters. The summed E-state index contributed by atoms with van der Waals surface area (Å²) in [5.74, 6) is 0.640. The summed E-state index contributed by atoms with van der Waals surface area (Å²) in [5.41, 5.74) is 1.56. The molecule has 1 aromatic heterocycles. The first-order chi connectivity index (χ1) is 12.0. The van der Waals surface area contributed by atoms with Crippen LogP contribution in [0.4, 0.5) is 0 Å². The molecule has 1 aliphatic rings. The molecule has 0 radical (unpaired) electrons. The Hall–Kier alpha value is -1.49. The minimum Gasteiger partial charge on any atom is -0.326 e. The lowest BCUT2D eigenvalue weighted by molar-refractivity contribution is 0.0709. The van der Waals surface area contributed by atoms with Crippen molar-refractivity contribution in [3.63, 3.8) is 0 Å². The van der Waals surface area contributed by atoms with Gasteiger partial charge in [-0.1, -0.05) is 41.4 Å². The Balaban J connectivity index is 1.75. The van der Waals surface area contributed by atoms with Crippen LogP contribution in [0.25, 0.3) is 0 Å². The van der Waals surface area contributed by atoms with Crippen molar-refractivity contribution >= 4 is 40.9 Å². The minimum absolute atomic E-state index is 0.000117. The van der Waals surface area contributed by atoms with Crippen LogP contribution in [0.2, 0.25) is 10.0 Å². The van der Waals surface area contributed by atoms with Crippen molar-refractivity contribution in [2.24, 2.45) is 0 Å². The molecule has 3 nitrogen and oxygen atoms in total. The van der Waals surface area contributed by atoms with Crippen molar-refractivity contribution in [3.8, 4) is 0 Å². The van der Waals surface area contributed by atoms with Gasteiger partial charge in [-0.3, -0.25) is 9.78 Å². The Kier molecular flexibility index (Phi) is 5.72. The molecule has 0 spiro atoms. The van der Waals surface area contributed by atoms with Crippen molar-refractivity contribution < 1.29 is 4.79 Å². The third-order valence-corrected chi connectivity index (χ3v) is 6.18. The van der Waals surface area contributed by atoms with Gasteiger partial charge in [0.05, 0.1) is 15.6 Å². The summed E-state index contributed by atoms with van der Waals surface area (Å²) in [6, 6.07) is 7.55. The molecule has 0 aliphatic carbocycles. The number of thioether (sulfide) groups is 1. The average molecular weight is 393 g/mol. The maximum absolute atomic E-state index is 12.8. The zero-order valence-electron chi connectivity index (χ0n) is 13.9. The first-order valence-electron chi connectivity index (χ1n) is 7.99. The first kappa shape index (κ1) is 18.3. The number of benzene rings is 1. The second kappa shape index (κ2) is 7.81.